The lowest BCUT2D eigenvalue weighted by Gasteiger charge is -2.23. The molecule has 0 radical (unpaired) electrons. The van der Waals surface area contributed by atoms with E-state index in [9.17, 15) is 8.42 Å². The van der Waals surface area contributed by atoms with Crippen LogP contribution < -0.4 is 5.73 Å². The quantitative estimate of drug-likeness (QED) is 0.723. The number of nitrogens with zero attached hydrogens (tertiary/aromatic N) is 3. The maximum atomic E-state index is 11.4. The Kier molecular flexibility index (Phi) is 2.31. The van der Waals surface area contributed by atoms with Crippen LogP contribution in [0.4, 0.5) is 0 Å². The van der Waals surface area contributed by atoms with Gasteiger partial charge in [0.15, 0.2) is 9.84 Å². The van der Waals surface area contributed by atoms with Gasteiger partial charge in [0, 0.05) is 0 Å². The smallest absolute Gasteiger partial charge is 0.152 e. The lowest BCUT2D eigenvalue weighted by molar-refractivity contribution is 0.316. The van der Waals surface area contributed by atoms with Crippen LogP contribution in [0, 0.1) is 0 Å². The Bertz CT molecular complexity index is 467. The summed E-state index contributed by atoms with van der Waals surface area (Å²) in [6.07, 6.45) is 1.99. The molecule has 0 saturated carbocycles. The predicted molar refractivity (Wildman–Crippen MR) is 54.8 cm³/mol. The van der Waals surface area contributed by atoms with E-state index in [1.54, 1.807) is 4.68 Å². The summed E-state index contributed by atoms with van der Waals surface area (Å²) in [4.78, 5) is 4.00. The average Bonchev–Trinajstić information content (AvgIpc) is 2.71. The Labute approximate surface area is 88.4 Å². The first-order valence-electron chi connectivity index (χ1n) is 4.77. The monoisotopic (exact) mass is 230 g/mol. The SMILES string of the molecule is CC1(n2ncnc2CN)CCS(=O)(=O)C1. The minimum atomic E-state index is -2.93. The minimum Gasteiger partial charge on any atom is -0.324 e. The van der Waals surface area contributed by atoms with Gasteiger partial charge >= 0.3 is 0 Å². The van der Waals surface area contributed by atoms with Crippen LogP contribution in [-0.2, 0) is 21.9 Å². The maximum Gasteiger partial charge on any atom is 0.152 e. The van der Waals surface area contributed by atoms with Gasteiger partial charge in [0.2, 0.25) is 0 Å². The van der Waals surface area contributed by atoms with Crippen molar-refractivity contribution in [1.29, 1.82) is 0 Å². The van der Waals surface area contributed by atoms with Crippen molar-refractivity contribution >= 4 is 9.84 Å². The third-order valence-corrected chi connectivity index (χ3v) is 4.68. The van der Waals surface area contributed by atoms with Crippen LogP contribution in [0.1, 0.15) is 19.2 Å². The Hall–Kier alpha value is -0.950. The van der Waals surface area contributed by atoms with Crippen LogP contribution in [-0.4, -0.2) is 34.7 Å². The zero-order valence-electron chi connectivity index (χ0n) is 8.55. The molecule has 2 rings (SSSR count). The molecule has 0 amide bonds. The van der Waals surface area contributed by atoms with Crippen molar-refractivity contribution in [2.45, 2.75) is 25.4 Å². The van der Waals surface area contributed by atoms with E-state index in [2.05, 4.69) is 10.1 Å². The Balaban J connectivity index is 2.39. The van der Waals surface area contributed by atoms with E-state index in [4.69, 9.17) is 5.73 Å². The summed E-state index contributed by atoms with van der Waals surface area (Å²) in [5.41, 5.74) is 5.03. The molecule has 1 fully saturated rings. The summed E-state index contributed by atoms with van der Waals surface area (Å²) in [6, 6.07) is 0. The highest BCUT2D eigenvalue weighted by molar-refractivity contribution is 7.91. The van der Waals surface area contributed by atoms with E-state index < -0.39 is 15.4 Å². The second kappa shape index (κ2) is 3.28. The molecule has 2 heterocycles. The summed E-state index contributed by atoms with van der Waals surface area (Å²) in [6.45, 7) is 2.15. The summed E-state index contributed by atoms with van der Waals surface area (Å²) in [5.74, 6) is 0.971. The lowest BCUT2D eigenvalue weighted by Crippen LogP contribution is -2.34. The van der Waals surface area contributed by atoms with Gasteiger partial charge in [-0.3, -0.25) is 0 Å². The van der Waals surface area contributed by atoms with E-state index in [0.29, 0.717) is 12.2 Å². The van der Waals surface area contributed by atoms with Crippen molar-refractivity contribution < 1.29 is 8.42 Å². The Morgan fingerprint density at radius 2 is 2.40 bits per heavy atom. The Morgan fingerprint density at radius 3 is 2.93 bits per heavy atom. The van der Waals surface area contributed by atoms with Crippen LogP contribution in [0.3, 0.4) is 0 Å². The Morgan fingerprint density at radius 1 is 1.67 bits per heavy atom. The van der Waals surface area contributed by atoms with Crippen LogP contribution in [0.2, 0.25) is 0 Å². The van der Waals surface area contributed by atoms with Crippen molar-refractivity contribution in [1.82, 2.24) is 14.8 Å². The van der Waals surface area contributed by atoms with Gasteiger partial charge in [0.05, 0.1) is 23.6 Å². The van der Waals surface area contributed by atoms with E-state index in [1.165, 1.54) is 6.33 Å². The standard InChI is InChI=1S/C8H14N4O2S/c1-8(2-3-15(13,14)5-8)12-7(4-9)10-6-11-12/h6H,2-5,9H2,1H3. The highest BCUT2D eigenvalue weighted by Crippen LogP contribution is 2.30. The fraction of sp³-hybridized carbons (Fsp3) is 0.750. The molecule has 2 N–H and O–H groups in total. The molecule has 0 bridgehead atoms. The largest absolute Gasteiger partial charge is 0.324 e. The number of nitrogens with two attached hydrogens (primary N) is 1. The molecule has 1 aliphatic heterocycles. The average molecular weight is 230 g/mol. The fourth-order valence-electron chi connectivity index (χ4n) is 2.02. The molecule has 84 valence electrons. The number of sulfone groups is 1. The first-order valence-corrected chi connectivity index (χ1v) is 6.59. The number of hydrogen-bond donors (Lipinski definition) is 1. The minimum absolute atomic E-state index is 0.121. The van der Waals surface area contributed by atoms with Gasteiger partial charge in [-0.25, -0.2) is 18.1 Å². The van der Waals surface area contributed by atoms with Gasteiger partial charge in [0.1, 0.15) is 12.2 Å². The van der Waals surface area contributed by atoms with Gasteiger partial charge in [-0.05, 0) is 13.3 Å². The molecule has 15 heavy (non-hydrogen) atoms. The highest BCUT2D eigenvalue weighted by atomic mass is 32.2. The van der Waals surface area contributed by atoms with Crippen molar-refractivity contribution in [2.75, 3.05) is 11.5 Å². The molecule has 1 aliphatic rings. The van der Waals surface area contributed by atoms with Gasteiger partial charge in [-0.15, -0.1) is 0 Å². The van der Waals surface area contributed by atoms with Crippen molar-refractivity contribution in [3.05, 3.63) is 12.2 Å². The second-order valence-electron chi connectivity index (χ2n) is 4.13. The topological polar surface area (TPSA) is 90.9 Å². The first kappa shape index (κ1) is 10.6. The molecule has 0 aromatic carbocycles. The van der Waals surface area contributed by atoms with Gasteiger partial charge in [0.25, 0.3) is 0 Å². The summed E-state index contributed by atoms with van der Waals surface area (Å²) < 4.78 is 24.5. The van der Waals surface area contributed by atoms with Crippen LogP contribution in [0.15, 0.2) is 6.33 Å². The van der Waals surface area contributed by atoms with E-state index in [0.717, 1.165) is 0 Å². The highest BCUT2D eigenvalue weighted by Gasteiger charge is 2.41. The maximum absolute atomic E-state index is 11.4. The van der Waals surface area contributed by atoms with Crippen molar-refractivity contribution in [3.63, 3.8) is 0 Å². The molecule has 6 nitrogen and oxygen atoms in total. The summed E-state index contributed by atoms with van der Waals surface area (Å²) >= 11 is 0. The molecular weight excluding hydrogens is 216 g/mol. The molecule has 0 spiro atoms. The normalized spacial score (nSPS) is 29.5. The summed E-state index contributed by atoms with van der Waals surface area (Å²) in [5, 5.41) is 4.07. The number of hydrogen-bond acceptors (Lipinski definition) is 5. The van der Waals surface area contributed by atoms with Gasteiger partial charge in [-0.1, -0.05) is 0 Å². The lowest BCUT2D eigenvalue weighted by atomic mass is 10.0. The molecule has 1 unspecified atom stereocenters. The molecule has 0 aliphatic carbocycles. The van der Waals surface area contributed by atoms with Crippen molar-refractivity contribution in [3.8, 4) is 0 Å². The van der Waals surface area contributed by atoms with Gasteiger partial charge < -0.3 is 5.73 Å². The molecule has 1 saturated heterocycles. The fourth-order valence-corrected chi connectivity index (χ4v) is 4.13. The zero-order valence-corrected chi connectivity index (χ0v) is 9.37. The third kappa shape index (κ3) is 1.76. The molecule has 7 heteroatoms. The van der Waals surface area contributed by atoms with E-state index >= 15 is 0 Å². The van der Waals surface area contributed by atoms with Crippen molar-refractivity contribution in [2.24, 2.45) is 5.73 Å². The van der Waals surface area contributed by atoms with Crippen LogP contribution in [0.5, 0.6) is 0 Å². The molecule has 1 aromatic rings. The van der Waals surface area contributed by atoms with Crippen LogP contribution >= 0.6 is 0 Å². The van der Waals surface area contributed by atoms with E-state index in [1.807, 2.05) is 6.92 Å². The van der Waals surface area contributed by atoms with E-state index in [-0.39, 0.29) is 18.1 Å². The first-order chi connectivity index (χ1) is 6.97. The third-order valence-electron chi connectivity index (χ3n) is 2.79. The zero-order chi connectivity index (χ0) is 11.1. The molecule has 1 aromatic heterocycles. The van der Waals surface area contributed by atoms with Gasteiger partial charge in [-0.2, -0.15) is 5.10 Å². The predicted octanol–water partition coefficient (Wildman–Crippen LogP) is -0.729. The molecule has 1 atom stereocenters. The molecular formula is C8H14N4O2S. The summed E-state index contributed by atoms with van der Waals surface area (Å²) in [7, 11) is -2.93. The number of aromatic nitrogens is 3. The number of rotatable bonds is 2. The second-order valence-corrected chi connectivity index (χ2v) is 6.32. The van der Waals surface area contributed by atoms with Crippen LogP contribution in [0.25, 0.3) is 0 Å².